The van der Waals surface area contributed by atoms with E-state index in [2.05, 4.69) is 42.3 Å². The molecule has 1 heterocycles. The molecule has 1 N–H and O–H groups in total. The van der Waals surface area contributed by atoms with E-state index in [1.165, 1.54) is 29.5 Å². The minimum Gasteiger partial charge on any atom is -0.351 e. The molecule has 2 fully saturated rings. The van der Waals surface area contributed by atoms with Crippen LogP contribution in [0.4, 0.5) is 0 Å². The number of nitrogens with zero attached hydrogens (tertiary/aromatic N) is 1. The second-order valence-corrected chi connectivity index (χ2v) is 11.3. The molecule has 2 amide bonds. The van der Waals surface area contributed by atoms with Gasteiger partial charge in [-0.2, -0.15) is 0 Å². The summed E-state index contributed by atoms with van der Waals surface area (Å²) in [6.07, 6.45) is 6.12. The summed E-state index contributed by atoms with van der Waals surface area (Å²) >= 11 is 1.73. The van der Waals surface area contributed by atoms with E-state index >= 15 is 0 Å². The van der Waals surface area contributed by atoms with Crippen LogP contribution in [0.15, 0.2) is 47.4 Å². The fraction of sp³-hybridized carbons (Fsp3) is 0.484. The van der Waals surface area contributed by atoms with Gasteiger partial charge in [0.2, 0.25) is 0 Å². The highest BCUT2D eigenvalue weighted by Crippen LogP contribution is 2.43. The Hall–Kier alpha value is -2.61. The molecular weight excluding hydrogens is 496 g/mol. The third kappa shape index (κ3) is 7.07. The number of hydrogen-bond acceptors (Lipinski definition) is 5. The lowest BCUT2D eigenvalue weighted by molar-refractivity contribution is -0.131. The van der Waals surface area contributed by atoms with Crippen LogP contribution in [0.2, 0.25) is 0 Å². The Morgan fingerprint density at radius 2 is 1.79 bits per heavy atom. The van der Waals surface area contributed by atoms with E-state index in [1.807, 2.05) is 32.1 Å². The summed E-state index contributed by atoms with van der Waals surface area (Å²) in [5, 5.41) is 3.30. The molecule has 7 heteroatoms. The summed E-state index contributed by atoms with van der Waals surface area (Å²) < 4.78 is 11.0. The molecular formula is C31H40N2O4S. The third-order valence-corrected chi connectivity index (χ3v) is 8.67. The fourth-order valence-electron chi connectivity index (χ4n) is 5.21. The van der Waals surface area contributed by atoms with Crippen molar-refractivity contribution in [2.24, 2.45) is 0 Å². The van der Waals surface area contributed by atoms with Crippen molar-refractivity contribution in [3.63, 3.8) is 0 Å². The monoisotopic (exact) mass is 536 g/mol. The second-order valence-electron chi connectivity index (χ2n) is 10.1. The number of rotatable bonds is 10. The summed E-state index contributed by atoms with van der Waals surface area (Å²) in [5.74, 6) is -0.0692. The van der Waals surface area contributed by atoms with Gasteiger partial charge in [-0.1, -0.05) is 48.7 Å². The van der Waals surface area contributed by atoms with Crippen LogP contribution in [0.25, 0.3) is 6.08 Å². The molecule has 6 nitrogen and oxygen atoms in total. The fourth-order valence-corrected chi connectivity index (χ4v) is 6.69. The molecule has 0 spiro atoms. The Balaban J connectivity index is 1.48. The number of benzene rings is 2. The number of amides is 2. The van der Waals surface area contributed by atoms with Gasteiger partial charge in [-0.25, -0.2) is 0 Å². The number of carbonyl (C=O) groups excluding carboxylic acids is 2. The van der Waals surface area contributed by atoms with E-state index in [1.54, 1.807) is 23.9 Å². The largest absolute Gasteiger partial charge is 0.351 e. The average molecular weight is 537 g/mol. The van der Waals surface area contributed by atoms with Gasteiger partial charge in [0.15, 0.2) is 6.29 Å². The Labute approximate surface area is 231 Å². The predicted molar refractivity (Wildman–Crippen MR) is 154 cm³/mol. The van der Waals surface area contributed by atoms with Gasteiger partial charge < -0.3 is 19.7 Å². The number of carbonyl (C=O) groups is 2. The summed E-state index contributed by atoms with van der Waals surface area (Å²) in [6, 6.07) is 14.2. The molecule has 2 atom stereocenters. The maximum atomic E-state index is 13.8. The number of fused-ring (bicyclic) bond motifs is 1. The zero-order valence-electron chi connectivity index (χ0n) is 23.0. The van der Waals surface area contributed by atoms with Crippen LogP contribution in [0.1, 0.15) is 72.1 Å². The predicted octanol–water partition coefficient (Wildman–Crippen LogP) is 5.86. The van der Waals surface area contributed by atoms with Gasteiger partial charge in [-0.15, -0.1) is 11.8 Å². The number of nitrogens with one attached hydrogen (secondary N) is 1. The molecule has 38 heavy (non-hydrogen) atoms. The van der Waals surface area contributed by atoms with Crippen LogP contribution in [0, 0.1) is 13.8 Å². The standard InChI is InChI=1S/C31H40N2O4S/c1-5-36-29(37-6-2)19-32-30(34)24-15-13-23(14-16-24)18-28-31(35)33(26-9-7-8-10-27(26)38-28)20-25-17-21(3)11-12-22(25)4/h11-18,26-27,29H,5-10,19-20H2,1-4H3,(H,32,34)/b28-18+. The van der Waals surface area contributed by atoms with Crippen LogP contribution in [0.5, 0.6) is 0 Å². The topological polar surface area (TPSA) is 67.9 Å². The Morgan fingerprint density at radius 3 is 2.50 bits per heavy atom. The lowest BCUT2D eigenvalue weighted by atomic mass is 9.92. The van der Waals surface area contributed by atoms with Gasteiger partial charge in [0.25, 0.3) is 11.8 Å². The minimum atomic E-state index is -0.456. The Bertz CT molecular complexity index is 1140. The maximum Gasteiger partial charge on any atom is 0.260 e. The van der Waals surface area contributed by atoms with E-state index < -0.39 is 6.29 Å². The summed E-state index contributed by atoms with van der Waals surface area (Å²) in [7, 11) is 0. The Kier molecular flexibility index (Phi) is 10.1. The molecule has 2 unspecified atom stereocenters. The van der Waals surface area contributed by atoms with Crippen molar-refractivity contribution in [2.75, 3.05) is 19.8 Å². The van der Waals surface area contributed by atoms with Crippen molar-refractivity contribution in [3.05, 3.63) is 75.2 Å². The maximum absolute atomic E-state index is 13.8. The van der Waals surface area contributed by atoms with Crippen LogP contribution in [-0.4, -0.2) is 54.1 Å². The normalized spacial score (nSPS) is 20.6. The molecule has 2 aliphatic rings. The van der Waals surface area contributed by atoms with Crippen molar-refractivity contribution >= 4 is 29.7 Å². The molecule has 1 aliphatic heterocycles. The lowest BCUT2D eigenvalue weighted by Gasteiger charge is -2.44. The highest BCUT2D eigenvalue weighted by atomic mass is 32.2. The molecule has 4 rings (SSSR count). The molecule has 1 saturated carbocycles. The lowest BCUT2D eigenvalue weighted by Crippen LogP contribution is -2.50. The highest BCUT2D eigenvalue weighted by molar-refractivity contribution is 8.04. The van der Waals surface area contributed by atoms with Gasteiger partial charge in [0, 0.05) is 36.6 Å². The van der Waals surface area contributed by atoms with Gasteiger partial charge in [0.05, 0.1) is 11.4 Å². The van der Waals surface area contributed by atoms with Gasteiger partial charge in [-0.3, -0.25) is 9.59 Å². The Morgan fingerprint density at radius 1 is 1.08 bits per heavy atom. The third-order valence-electron chi connectivity index (χ3n) is 7.27. The molecule has 204 valence electrons. The van der Waals surface area contributed by atoms with Gasteiger partial charge >= 0.3 is 0 Å². The smallest absolute Gasteiger partial charge is 0.260 e. The van der Waals surface area contributed by atoms with Crippen LogP contribution in [0.3, 0.4) is 0 Å². The van der Waals surface area contributed by atoms with E-state index in [0.29, 0.717) is 30.6 Å². The molecule has 2 aromatic rings. The van der Waals surface area contributed by atoms with E-state index in [-0.39, 0.29) is 24.4 Å². The average Bonchev–Trinajstić information content (AvgIpc) is 2.92. The van der Waals surface area contributed by atoms with Gasteiger partial charge in [-0.05, 0) is 75.4 Å². The molecule has 1 saturated heterocycles. The molecule has 0 bridgehead atoms. The first-order chi connectivity index (χ1) is 18.4. The summed E-state index contributed by atoms with van der Waals surface area (Å²) in [6.45, 7) is 9.99. The van der Waals surface area contributed by atoms with Crippen molar-refractivity contribution < 1.29 is 19.1 Å². The van der Waals surface area contributed by atoms with E-state index in [9.17, 15) is 9.59 Å². The molecule has 0 radical (unpaired) electrons. The molecule has 0 aromatic heterocycles. The zero-order chi connectivity index (χ0) is 27.1. The summed E-state index contributed by atoms with van der Waals surface area (Å²) in [5.41, 5.74) is 5.14. The van der Waals surface area contributed by atoms with Crippen molar-refractivity contribution in [1.82, 2.24) is 10.2 Å². The number of thioether (sulfide) groups is 1. The number of ether oxygens (including phenoxy) is 2. The summed E-state index contributed by atoms with van der Waals surface area (Å²) in [4.78, 5) is 29.3. The first kappa shape index (κ1) is 28.4. The number of aryl methyl sites for hydroxylation is 2. The highest BCUT2D eigenvalue weighted by Gasteiger charge is 2.40. The van der Waals surface area contributed by atoms with Crippen LogP contribution >= 0.6 is 11.8 Å². The number of hydrogen-bond donors (Lipinski definition) is 1. The quantitative estimate of drug-likeness (QED) is 0.304. The van der Waals surface area contributed by atoms with Crippen molar-refractivity contribution in [1.29, 1.82) is 0 Å². The molecule has 2 aromatic carbocycles. The van der Waals surface area contributed by atoms with Gasteiger partial charge in [0.1, 0.15) is 0 Å². The molecule has 1 aliphatic carbocycles. The van der Waals surface area contributed by atoms with Crippen LogP contribution in [-0.2, 0) is 20.8 Å². The zero-order valence-corrected chi connectivity index (χ0v) is 23.8. The second kappa shape index (κ2) is 13.5. The van der Waals surface area contributed by atoms with E-state index in [4.69, 9.17) is 9.47 Å². The minimum absolute atomic E-state index is 0.110. The van der Waals surface area contributed by atoms with Crippen molar-refractivity contribution in [3.8, 4) is 0 Å². The first-order valence-electron chi connectivity index (χ1n) is 13.8. The first-order valence-corrected chi connectivity index (χ1v) is 14.6. The van der Waals surface area contributed by atoms with Crippen LogP contribution < -0.4 is 5.32 Å². The van der Waals surface area contributed by atoms with Crippen molar-refractivity contribution in [2.45, 2.75) is 77.5 Å². The van der Waals surface area contributed by atoms with E-state index in [0.717, 1.165) is 23.3 Å². The SMILES string of the molecule is CCOC(CNC(=O)c1ccc(/C=C2/SC3CCCCC3N(Cc3cc(C)ccc3C)C2=O)cc1)OCC.